The fraction of sp³-hybridized carbons (Fsp3) is 0. The molecule has 0 aliphatic heterocycles. The molecule has 0 aliphatic carbocycles. The van der Waals surface area contributed by atoms with Crippen LogP contribution in [0.25, 0.3) is 32.3 Å². The molecule has 0 unspecified atom stereocenters. The van der Waals surface area contributed by atoms with E-state index in [-0.39, 0.29) is 0 Å². The molecule has 0 radical (unpaired) electrons. The number of para-hydroxylation sites is 1. The summed E-state index contributed by atoms with van der Waals surface area (Å²) in [6.45, 7) is 0. The first-order chi connectivity index (χ1) is 13.3. The van der Waals surface area contributed by atoms with Crippen LogP contribution in [0.5, 0.6) is 11.5 Å². The maximum absolute atomic E-state index is 5.92. The van der Waals surface area contributed by atoms with Crippen molar-refractivity contribution < 1.29 is 4.74 Å². The van der Waals surface area contributed by atoms with Crippen LogP contribution in [0.3, 0.4) is 0 Å². The number of hydrogen-bond donors (Lipinski definition) is 1. The normalized spacial score (nSPS) is 11.0. The Labute approximate surface area is 159 Å². The lowest BCUT2D eigenvalue weighted by atomic mass is 10.2. The highest BCUT2D eigenvalue weighted by Crippen LogP contribution is 2.32. The van der Waals surface area contributed by atoms with Gasteiger partial charge in [0, 0.05) is 17.1 Å². The molecule has 27 heavy (non-hydrogen) atoms. The highest BCUT2D eigenvalue weighted by molar-refractivity contribution is 7.17. The van der Waals surface area contributed by atoms with E-state index in [2.05, 4.69) is 26.2 Å². The van der Waals surface area contributed by atoms with Crippen molar-refractivity contribution in [3.63, 3.8) is 0 Å². The minimum atomic E-state index is 0.797. The first kappa shape index (κ1) is 15.7. The van der Waals surface area contributed by atoms with E-state index in [1.165, 1.54) is 11.3 Å². The second-order valence-corrected chi connectivity index (χ2v) is 6.95. The fourth-order valence-electron chi connectivity index (χ4n) is 2.84. The molecule has 3 aromatic heterocycles. The molecule has 5 aromatic rings. The number of H-pyrrole nitrogens is 1. The van der Waals surface area contributed by atoms with Gasteiger partial charge >= 0.3 is 0 Å². The topological polar surface area (TPSA) is 63.7 Å². The summed E-state index contributed by atoms with van der Waals surface area (Å²) in [7, 11) is 0. The second kappa shape index (κ2) is 6.66. The van der Waals surface area contributed by atoms with Gasteiger partial charge in [0.05, 0.1) is 5.69 Å². The Bertz CT molecular complexity index is 1200. The molecule has 0 bridgehead atoms. The SMILES string of the molecule is c1ccc(Oc2ccc3[nH]c(-c4nnc(-c5ccccn5)s4)cc3c2)cc1. The molecule has 2 aromatic carbocycles. The van der Waals surface area contributed by atoms with Crippen LogP contribution in [0.4, 0.5) is 0 Å². The number of rotatable bonds is 4. The molecule has 5 rings (SSSR count). The van der Waals surface area contributed by atoms with Crippen molar-refractivity contribution in [2.24, 2.45) is 0 Å². The summed E-state index contributed by atoms with van der Waals surface area (Å²) < 4.78 is 5.92. The molecule has 0 aliphatic rings. The van der Waals surface area contributed by atoms with E-state index < -0.39 is 0 Å². The zero-order valence-electron chi connectivity index (χ0n) is 14.2. The summed E-state index contributed by atoms with van der Waals surface area (Å²) >= 11 is 1.51. The Balaban J connectivity index is 1.46. The van der Waals surface area contributed by atoms with E-state index in [1.807, 2.05) is 66.7 Å². The third-order valence-corrected chi connectivity index (χ3v) is 5.09. The second-order valence-electron chi connectivity index (χ2n) is 5.97. The van der Waals surface area contributed by atoms with Gasteiger partial charge in [0.25, 0.3) is 0 Å². The molecule has 0 amide bonds. The van der Waals surface area contributed by atoms with Gasteiger partial charge < -0.3 is 9.72 Å². The average Bonchev–Trinajstić information content (AvgIpc) is 3.36. The summed E-state index contributed by atoms with van der Waals surface area (Å²) in [5.41, 5.74) is 2.79. The van der Waals surface area contributed by atoms with Gasteiger partial charge in [-0.1, -0.05) is 35.6 Å². The van der Waals surface area contributed by atoms with Crippen LogP contribution in [0, 0.1) is 0 Å². The van der Waals surface area contributed by atoms with Crippen LogP contribution >= 0.6 is 11.3 Å². The third kappa shape index (κ3) is 3.18. The summed E-state index contributed by atoms with van der Waals surface area (Å²) in [4.78, 5) is 7.73. The highest BCUT2D eigenvalue weighted by atomic mass is 32.1. The van der Waals surface area contributed by atoms with Gasteiger partial charge in [0.2, 0.25) is 0 Å². The molecular formula is C21H14N4OS. The third-order valence-electron chi connectivity index (χ3n) is 4.11. The zero-order chi connectivity index (χ0) is 18.1. The Morgan fingerprint density at radius 3 is 2.48 bits per heavy atom. The van der Waals surface area contributed by atoms with Gasteiger partial charge in [-0.05, 0) is 48.5 Å². The van der Waals surface area contributed by atoms with Crippen molar-refractivity contribution in [2.45, 2.75) is 0 Å². The summed E-state index contributed by atoms with van der Waals surface area (Å²) in [6.07, 6.45) is 1.76. The van der Waals surface area contributed by atoms with Crippen LogP contribution in [0.15, 0.2) is 79.0 Å². The number of nitrogens with zero attached hydrogens (tertiary/aromatic N) is 3. The molecule has 0 fully saturated rings. The summed E-state index contributed by atoms with van der Waals surface area (Å²) in [5.74, 6) is 1.61. The first-order valence-corrected chi connectivity index (χ1v) is 9.28. The van der Waals surface area contributed by atoms with Gasteiger partial charge in [-0.15, -0.1) is 10.2 Å². The predicted molar refractivity (Wildman–Crippen MR) is 107 cm³/mol. The lowest BCUT2D eigenvalue weighted by molar-refractivity contribution is 0.483. The molecule has 0 spiro atoms. The Morgan fingerprint density at radius 1 is 0.778 bits per heavy atom. The monoisotopic (exact) mass is 370 g/mol. The maximum atomic E-state index is 5.92. The molecule has 0 saturated heterocycles. The molecule has 1 N–H and O–H groups in total. The number of nitrogens with one attached hydrogen (secondary N) is 1. The average molecular weight is 370 g/mol. The van der Waals surface area contributed by atoms with Gasteiger partial charge in [-0.3, -0.25) is 4.98 Å². The van der Waals surface area contributed by atoms with Crippen molar-refractivity contribution in [2.75, 3.05) is 0 Å². The quantitative estimate of drug-likeness (QED) is 0.451. The van der Waals surface area contributed by atoms with Crippen LogP contribution < -0.4 is 4.74 Å². The smallest absolute Gasteiger partial charge is 0.166 e. The number of ether oxygens (including phenoxy) is 1. The van der Waals surface area contributed by atoms with Crippen molar-refractivity contribution in [3.8, 4) is 32.9 Å². The van der Waals surface area contributed by atoms with E-state index in [0.717, 1.165) is 43.8 Å². The van der Waals surface area contributed by atoms with Gasteiger partial charge in [-0.2, -0.15) is 0 Å². The number of aromatic nitrogens is 4. The fourth-order valence-corrected chi connectivity index (χ4v) is 3.63. The summed E-state index contributed by atoms with van der Waals surface area (Å²) in [5, 5.41) is 11.3. The Hall–Kier alpha value is -3.51. The van der Waals surface area contributed by atoms with Crippen LogP contribution in [0.1, 0.15) is 0 Å². The lowest BCUT2D eigenvalue weighted by Crippen LogP contribution is -1.82. The van der Waals surface area contributed by atoms with Crippen molar-refractivity contribution in [3.05, 3.63) is 79.0 Å². The van der Waals surface area contributed by atoms with E-state index >= 15 is 0 Å². The maximum Gasteiger partial charge on any atom is 0.166 e. The number of hydrogen-bond acceptors (Lipinski definition) is 5. The number of benzene rings is 2. The van der Waals surface area contributed by atoms with Crippen molar-refractivity contribution in [1.29, 1.82) is 0 Å². The molecular weight excluding hydrogens is 356 g/mol. The van der Waals surface area contributed by atoms with Gasteiger partial charge in [0.1, 0.15) is 17.2 Å². The molecule has 6 heteroatoms. The van der Waals surface area contributed by atoms with Gasteiger partial charge in [-0.25, -0.2) is 0 Å². The predicted octanol–water partition coefficient (Wildman–Crippen LogP) is 5.54. The molecule has 0 saturated carbocycles. The minimum Gasteiger partial charge on any atom is -0.457 e. The van der Waals surface area contributed by atoms with Crippen LogP contribution in [-0.2, 0) is 0 Å². The minimum absolute atomic E-state index is 0.797. The Kier molecular flexibility index (Phi) is 3.88. The number of pyridine rings is 1. The van der Waals surface area contributed by atoms with E-state index in [9.17, 15) is 0 Å². The first-order valence-electron chi connectivity index (χ1n) is 8.46. The molecule has 130 valence electrons. The largest absolute Gasteiger partial charge is 0.457 e. The molecule has 3 heterocycles. The van der Waals surface area contributed by atoms with Crippen molar-refractivity contribution >= 4 is 22.2 Å². The lowest BCUT2D eigenvalue weighted by Gasteiger charge is -2.04. The zero-order valence-corrected chi connectivity index (χ0v) is 15.0. The van der Waals surface area contributed by atoms with Crippen LogP contribution in [-0.4, -0.2) is 20.2 Å². The summed E-state index contributed by atoms with van der Waals surface area (Å²) in [6, 6.07) is 23.6. The number of aromatic amines is 1. The van der Waals surface area contributed by atoms with E-state index in [1.54, 1.807) is 6.20 Å². The standard InChI is InChI=1S/C21H14N4OS/c1-2-6-15(7-3-1)26-16-9-10-17-14(12-16)13-19(23-17)21-25-24-20(27-21)18-8-4-5-11-22-18/h1-13,23H. The van der Waals surface area contributed by atoms with E-state index in [0.29, 0.717) is 0 Å². The van der Waals surface area contributed by atoms with E-state index in [4.69, 9.17) is 4.74 Å². The molecule has 0 atom stereocenters. The van der Waals surface area contributed by atoms with Gasteiger partial charge in [0.15, 0.2) is 10.0 Å². The van der Waals surface area contributed by atoms with Crippen molar-refractivity contribution in [1.82, 2.24) is 20.2 Å². The molecule has 5 nitrogen and oxygen atoms in total. The Morgan fingerprint density at radius 2 is 1.63 bits per heavy atom. The van der Waals surface area contributed by atoms with Crippen LogP contribution in [0.2, 0.25) is 0 Å². The highest BCUT2D eigenvalue weighted by Gasteiger charge is 2.12. The number of fused-ring (bicyclic) bond motifs is 1.